The van der Waals surface area contributed by atoms with Crippen LogP contribution in [-0.2, 0) is 4.79 Å². The van der Waals surface area contributed by atoms with Crippen LogP contribution in [0.1, 0.15) is 26.2 Å². The predicted octanol–water partition coefficient (Wildman–Crippen LogP) is 1.87. The molecule has 0 bridgehead atoms. The summed E-state index contributed by atoms with van der Waals surface area (Å²) in [6, 6.07) is 3.88. The number of carbonyl (C=O) groups is 1. The highest BCUT2D eigenvalue weighted by atomic mass is 35.5. The number of nitrogens with one attached hydrogen (secondary N) is 2. The van der Waals surface area contributed by atoms with E-state index in [-0.39, 0.29) is 17.0 Å². The molecule has 0 aliphatic carbocycles. The second kappa shape index (κ2) is 6.35. The number of amides is 1. The molecule has 19 heavy (non-hydrogen) atoms. The molecule has 1 heterocycles. The number of anilines is 1. The number of quaternary nitrogens is 1. The topological polar surface area (TPSA) is 33.5 Å². The third-order valence-electron chi connectivity index (χ3n) is 3.69. The van der Waals surface area contributed by atoms with Gasteiger partial charge in [-0.05, 0) is 44.4 Å². The summed E-state index contributed by atoms with van der Waals surface area (Å²) in [6.45, 7) is 3.99. The number of rotatable bonds is 3. The Morgan fingerprint density at radius 3 is 2.68 bits per heavy atom. The molecule has 1 aliphatic rings. The van der Waals surface area contributed by atoms with Crippen molar-refractivity contribution in [2.45, 2.75) is 32.2 Å². The summed E-state index contributed by atoms with van der Waals surface area (Å²) in [5, 5.41) is 3.01. The minimum atomic E-state index is -0.405. The fourth-order valence-corrected chi connectivity index (χ4v) is 2.67. The van der Waals surface area contributed by atoms with Gasteiger partial charge in [0.1, 0.15) is 5.82 Å². The Kier molecular flexibility index (Phi) is 4.77. The van der Waals surface area contributed by atoms with Crippen molar-refractivity contribution in [3.63, 3.8) is 0 Å². The molecule has 0 unspecified atom stereocenters. The highest BCUT2D eigenvalue weighted by molar-refractivity contribution is 6.33. The van der Waals surface area contributed by atoms with Gasteiger partial charge in [0, 0.05) is 0 Å². The molecule has 1 aromatic rings. The van der Waals surface area contributed by atoms with E-state index in [1.165, 1.54) is 42.4 Å². The van der Waals surface area contributed by atoms with E-state index in [0.717, 1.165) is 13.1 Å². The lowest BCUT2D eigenvalue weighted by Crippen LogP contribution is -3.17. The number of hydrogen-bond acceptors (Lipinski definition) is 1. The molecule has 1 saturated heterocycles. The van der Waals surface area contributed by atoms with Gasteiger partial charge in [-0.15, -0.1) is 0 Å². The zero-order chi connectivity index (χ0) is 13.8. The SMILES string of the molecule is C[C@H](C(=O)Nc1ccc(F)cc1Cl)[NH+]1CCCCC1. The van der Waals surface area contributed by atoms with E-state index in [9.17, 15) is 9.18 Å². The Morgan fingerprint density at radius 2 is 2.05 bits per heavy atom. The van der Waals surface area contributed by atoms with Crippen molar-refractivity contribution in [1.82, 2.24) is 0 Å². The summed E-state index contributed by atoms with van der Waals surface area (Å²) < 4.78 is 12.9. The fraction of sp³-hybridized carbons (Fsp3) is 0.500. The van der Waals surface area contributed by atoms with Crippen molar-refractivity contribution in [3.8, 4) is 0 Å². The van der Waals surface area contributed by atoms with Crippen molar-refractivity contribution in [2.75, 3.05) is 18.4 Å². The van der Waals surface area contributed by atoms with Crippen LogP contribution in [0.3, 0.4) is 0 Å². The van der Waals surface area contributed by atoms with Gasteiger partial charge in [0.05, 0.1) is 23.8 Å². The zero-order valence-corrected chi connectivity index (χ0v) is 11.8. The van der Waals surface area contributed by atoms with Crippen LogP contribution in [0.15, 0.2) is 18.2 Å². The number of hydrogen-bond donors (Lipinski definition) is 2. The molecular formula is C14H19ClFN2O+. The first-order chi connectivity index (χ1) is 9.08. The van der Waals surface area contributed by atoms with Crippen molar-refractivity contribution in [2.24, 2.45) is 0 Å². The van der Waals surface area contributed by atoms with E-state index in [1.807, 2.05) is 6.92 Å². The van der Waals surface area contributed by atoms with Crippen LogP contribution in [0.25, 0.3) is 0 Å². The average Bonchev–Trinajstić information content (AvgIpc) is 2.42. The lowest BCUT2D eigenvalue weighted by molar-refractivity contribution is -0.918. The number of carbonyl (C=O) groups excluding carboxylic acids is 1. The molecule has 3 nitrogen and oxygen atoms in total. The monoisotopic (exact) mass is 285 g/mol. The van der Waals surface area contributed by atoms with Gasteiger partial charge in [0.2, 0.25) is 0 Å². The van der Waals surface area contributed by atoms with Gasteiger partial charge in [-0.3, -0.25) is 4.79 Å². The summed E-state index contributed by atoms with van der Waals surface area (Å²) in [5.74, 6) is -0.469. The molecular weight excluding hydrogens is 267 g/mol. The number of likely N-dealkylation sites (tertiary alicyclic amines) is 1. The molecule has 1 aliphatic heterocycles. The van der Waals surface area contributed by atoms with Gasteiger partial charge in [-0.1, -0.05) is 11.6 Å². The summed E-state index contributed by atoms with van der Waals surface area (Å²) in [6.07, 6.45) is 3.59. The van der Waals surface area contributed by atoms with Gasteiger partial charge in [-0.25, -0.2) is 4.39 Å². The Morgan fingerprint density at radius 1 is 1.37 bits per heavy atom. The van der Waals surface area contributed by atoms with Gasteiger partial charge in [-0.2, -0.15) is 0 Å². The van der Waals surface area contributed by atoms with Gasteiger partial charge < -0.3 is 10.2 Å². The highest BCUT2D eigenvalue weighted by Gasteiger charge is 2.26. The van der Waals surface area contributed by atoms with E-state index in [4.69, 9.17) is 11.6 Å². The first-order valence-electron chi connectivity index (χ1n) is 6.68. The molecule has 0 saturated carbocycles. The molecule has 0 aromatic heterocycles. The van der Waals surface area contributed by atoms with E-state index in [1.54, 1.807) is 0 Å². The number of halogens is 2. The molecule has 1 fully saturated rings. The quantitative estimate of drug-likeness (QED) is 0.873. The molecule has 5 heteroatoms. The van der Waals surface area contributed by atoms with Crippen LogP contribution in [0.4, 0.5) is 10.1 Å². The standard InChI is InChI=1S/C14H18ClFN2O/c1-10(18-7-3-2-4-8-18)14(19)17-13-6-5-11(16)9-12(13)15/h5-6,9-10H,2-4,7-8H2,1H3,(H,17,19)/p+1/t10-/m1/s1. The molecule has 2 N–H and O–H groups in total. The minimum absolute atomic E-state index is 0.0644. The fourth-order valence-electron chi connectivity index (χ4n) is 2.46. The Labute approximate surface area is 117 Å². The zero-order valence-electron chi connectivity index (χ0n) is 11.0. The summed E-state index contributed by atoms with van der Waals surface area (Å²) in [7, 11) is 0. The maximum Gasteiger partial charge on any atom is 0.282 e. The first-order valence-corrected chi connectivity index (χ1v) is 7.06. The second-order valence-corrected chi connectivity index (χ2v) is 5.46. The molecule has 1 aromatic carbocycles. The lowest BCUT2D eigenvalue weighted by atomic mass is 10.1. The van der Waals surface area contributed by atoms with Crippen LogP contribution in [0, 0.1) is 5.82 Å². The van der Waals surface area contributed by atoms with E-state index < -0.39 is 5.82 Å². The Bertz CT molecular complexity index is 461. The van der Waals surface area contributed by atoms with E-state index >= 15 is 0 Å². The average molecular weight is 286 g/mol. The maximum atomic E-state index is 12.9. The van der Waals surface area contributed by atoms with Gasteiger partial charge in [0.15, 0.2) is 6.04 Å². The van der Waals surface area contributed by atoms with Crippen molar-refractivity contribution < 1.29 is 14.1 Å². The Balaban J connectivity index is 1.99. The maximum absolute atomic E-state index is 12.9. The summed E-state index contributed by atoms with van der Waals surface area (Å²) >= 11 is 5.90. The minimum Gasteiger partial charge on any atom is -0.325 e. The smallest absolute Gasteiger partial charge is 0.282 e. The third-order valence-corrected chi connectivity index (χ3v) is 4.00. The molecule has 0 radical (unpaired) electrons. The van der Waals surface area contributed by atoms with Crippen LogP contribution in [-0.4, -0.2) is 25.0 Å². The molecule has 0 spiro atoms. The molecule has 1 atom stereocenters. The highest BCUT2D eigenvalue weighted by Crippen LogP contribution is 2.22. The van der Waals surface area contributed by atoms with E-state index in [0.29, 0.717) is 5.69 Å². The lowest BCUT2D eigenvalue weighted by Gasteiger charge is -2.28. The van der Waals surface area contributed by atoms with Crippen LogP contribution in [0.2, 0.25) is 5.02 Å². The van der Waals surface area contributed by atoms with Crippen LogP contribution >= 0.6 is 11.6 Å². The van der Waals surface area contributed by atoms with Crippen molar-refractivity contribution in [3.05, 3.63) is 29.0 Å². The van der Waals surface area contributed by atoms with E-state index in [2.05, 4.69) is 5.32 Å². The summed E-state index contributed by atoms with van der Waals surface area (Å²) in [4.78, 5) is 13.5. The van der Waals surface area contributed by atoms with Gasteiger partial charge >= 0.3 is 0 Å². The Hall–Kier alpha value is -1.13. The molecule has 1 amide bonds. The van der Waals surface area contributed by atoms with Crippen molar-refractivity contribution >= 4 is 23.2 Å². The normalized spacial score (nSPS) is 18.1. The number of benzene rings is 1. The van der Waals surface area contributed by atoms with Crippen LogP contribution in [0.5, 0.6) is 0 Å². The van der Waals surface area contributed by atoms with Gasteiger partial charge in [0.25, 0.3) is 5.91 Å². The molecule has 104 valence electrons. The second-order valence-electron chi connectivity index (χ2n) is 5.05. The van der Waals surface area contributed by atoms with Crippen molar-refractivity contribution in [1.29, 1.82) is 0 Å². The van der Waals surface area contributed by atoms with Crippen LogP contribution < -0.4 is 10.2 Å². The third kappa shape index (κ3) is 3.67. The molecule has 2 rings (SSSR count). The largest absolute Gasteiger partial charge is 0.325 e. The number of piperidine rings is 1. The first kappa shape index (κ1) is 14.3. The summed E-state index contributed by atoms with van der Waals surface area (Å²) in [5.41, 5.74) is 0.469. The predicted molar refractivity (Wildman–Crippen MR) is 74.0 cm³/mol.